The largest absolute Gasteiger partial charge is 0.417 e. The Morgan fingerprint density at radius 2 is 1.83 bits per heavy atom. The molecule has 1 amide bonds. The maximum atomic E-state index is 14.8. The molecule has 184 valence electrons. The first-order chi connectivity index (χ1) is 16.5. The van der Waals surface area contributed by atoms with E-state index in [1.54, 1.807) is 11.0 Å². The van der Waals surface area contributed by atoms with Gasteiger partial charge < -0.3 is 15.3 Å². The van der Waals surface area contributed by atoms with Crippen molar-refractivity contribution >= 4 is 34.6 Å². The number of alkyl halides is 3. The number of aliphatic hydroxyl groups excluding tert-OH is 1. The molecule has 0 radical (unpaired) electrons. The number of hydrogen-bond donors (Lipinski definition) is 2. The molecule has 1 unspecified atom stereocenters. The van der Waals surface area contributed by atoms with Crippen LogP contribution in [0.1, 0.15) is 53.6 Å². The lowest BCUT2D eigenvalue weighted by molar-refractivity contribution is -0.137. The third-order valence-corrected chi connectivity index (χ3v) is 7.06. The molecular weight excluding hydrogens is 484 g/mol. The van der Waals surface area contributed by atoms with E-state index in [2.05, 4.69) is 5.32 Å². The van der Waals surface area contributed by atoms with Crippen LogP contribution in [0.2, 0.25) is 0 Å². The number of halogens is 4. The van der Waals surface area contributed by atoms with Crippen LogP contribution in [0.15, 0.2) is 36.4 Å². The van der Waals surface area contributed by atoms with Gasteiger partial charge in [0.05, 0.1) is 28.3 Å². The number of nitriles is 1. The van der Waals surface area contributed by atoms with Crippen molar-refractivity contribution in [2.24, 2.45) is 0 Å². The highest BCUT2D eigenvalue weighted by molar-refractivity contribution is 7.80. The van der Waals surface area contributed by atoms with Gasteiger partial charge in [-0.3, -0.25) is 9.69 Å². The molecule has 1 saturated carbocycles. The number of rotatable bonds is 3. The zero-order valence-corrected chi connectivity index (χ0v) is 19.5. The summed E-state index contributed by atoms with van der Waals surface area (Å²) >= 11 is 5.65. The van der Waals surface area contributed by atoms with Gasteiger partial charge in [-0.15, -0.1) is 0 Å². The minimum Gasteiger partial charge on any atom is -0.371 e. The van der Waals surface area contributed by atoms with E-state index in [4.69, 9.17) is 17.5 Å². The number of aliphatic hydroxyl groups is 1. The van der Waals surface area contributed by atoms with Gasteiger partial charge in [-0.25, -0.2) is 4.39 Å². The van der Waals surface area contributed by atoms with Crippen LogP contribution in [0.4, 0.5) is 28.9 Å². The Hall–Kier alpha value is -3.23. The van der Waals surface area contributed by atoms with Crippen LogP contribution in [-0.2, 0) is 6.18 Å². The van der Waals surface area contributed by atoms with Crippen LogP contribution >= 0.6 is 12.2 Å². The highest BCUT2D eigenvalue weighted by Crippen LogP contribution is 2.48. The van der Waals surface area contributed by atoms with Gasteiger partial charge in [0.2, 0.25) is 0 Å². The van der Waals surface area contributed by atoms with Gasteiger partial charge in [0, 0.05) is 18.4 Å². The maximum Gasteiger partial charge on any atom is 0.417 e. The summed E-state index contributed by atoms with van der Waals surface area (Å²) in [7, 11) is 1.38. The maximum absolute atomic E-state index is 14.8. The number of carbonyl (C=O) groups excluding carboxylic acids is 1. The molecule has 1 spiro atoms. The van der Waals surface area contributed by atoms with Gasteiger partial charge in [-0.1, -0.05) is 19.3 Å². The molecule has 1 heterocycles. The van der Waals surface area contributed by atoms with Crippen molar-refractivity contribution in [1.82, 2.24) is 5.32 Å². The first kappa shape index (κ1) is 24.9. The molecule has 0 aromatic heterocycles. The highest BCUT2D eigenvalue weighted by atomic mass is 32.1. The van der Waals surface area contributed by atoms with E-state index in [0.717, 1.165) is 37.5 Å². The molecule has 0 bridgehead atoms. The standard InChI is InChI=1S/C24H22F4N4O2S/c1-30-20(33)17-8-7-16(12-19(17)25)32-22(35)31(21(34)23(32)9-3-2-4-10-23)15-6-5-14(13-29)18(11-15)24(26,27)28/h5-8,11-12,21,34H,2-4,9-10H2,1H3,(H,30,33). The number of nitrogens with zero attached hydrogens (tertiary/aromatic N) is 3. The summed E-state index contributed by atoms with van der Waals surface area (Å²) < 4.78 is 55.7. The van der Waals surface area contributed by atoms with Crippen molar-refractivity contribution in [3.63, 3.8) is 0 Å². The number of nitrogens with one attached hydrogen (secondary N) is 1. The molecule has 1 aliphatic heterocycles. The molecule has 1 saturated heterocycles. The molecule has 4 rings (SSSR count). The van der Waals surface area contributed by atoms with Crippen molar-refractivity contribution < 1.29 is 27.5 Å². The van der Waals surface area contributed by atoms with Crippen molar-refractivity contribution in [3.05, 3.63) is 58.9 Å². The summed E-state index contributed by atoms with van der Waals surface area (Å²) in [6.45, 7) is 0. The fraction of sp³-hybridized carbons (Fsp3) is 0.375. The summed E-state index contributed by atoms with van der Waals surface area (Å²) in [5.74, 6) is -1.40. The van der Waals surface area contributed by atoms with Gasteiger partial charge in [0.25, 0.3) is 5.91 Å². The average Bonchev–Trinajstić information content (AvgIpc) is 3.03. The first-order valence-electron chi connectivity index (χ1n) is 11.0. The molecule has 2 fully saturated rings. The van der Waals surface area contributed by atoms with E-state index >= 15 is 0 Å². The van der Waals surface area contributed by atoms with Crippen molar-refractivity contribution in [1.29, 1.82) is 5.26 Å². The van der Waals surface area contributed by atoms with Crippen LogP contribution in [0.3, 0.4) is 0 Å². The number of amides is 1. The number of carbonyl (C=O) groups is 1. The Morgan fingerprint density at radius 1 is 1.17 bits per heavy atom. The molecule has 1 aliphatic carbocycles. The van der Waals surface area contributed by atoms with Crippen LogP contribution < -0.4 is 15.1 Å². The Bertz CT molecular complexity index is 1220. The molecule has 6 nitrogen and oxygen atoms in total. The van der Waals surface area contributed by atoms with Crippen LogP contribution in [-0.4, -0.2) is 34.9 Å². The summed E-state index contributed by atoms with van der Waals surface area (Å²) in [6.07, 6.45) is -2.75. The molecule has 35 heavy (non-hydrogen) atoms. The average molecular weight is 507 g/mol. The summed E-state index contributed by atoms with van der Waals surface area (Å²) in [4.78, 5) is 14.7. The van der Waals surface area contributed by atoms with Gasteiger partial charge in [-0.05, 0) is 61.5 Å². The molecule has 2 aromatic carbocycles. The fourth-order valence-electron chi connectivity index (χ4n) is 5.00. The first-order valence-corrected chi connectivity index (χ1v) is 11.4. The summed E-state index contributed by atoms with van der Waals surface area (Å²) in [6, 6.07) is 8.64. The molecule has 1 atom stereocenters. The van der Waals surface area contributed by atoms with Gasteiger partial charge in [-0.2, -0.15) is 18.4 Å². The number of benzene rings is 2. The lowest BCUT2D eigenvalue weighted by Crippen LogP contribution is -2.53. The van der Waals surface area contributed by atoms with Crippen LogP contribution in [0.25, 0.3) is 0 Å². The molecule has 2 aliphatic rings. The van der Waals surface area contributed by atoms with Gasteiger partial charge in [0.15, 0.2) is 11.3 Å². The van der Waals surface area contributed by atoms with E-state index in [9.17, 15) is 27.5 Å². The van der Waals surface area contributed by atoms with Gasteiger partial charge >= 0.3 is 6.18 Å². The minimum atomic E-state index is -4.78. The lowest BCUT2D eigenvalue weighted by Gasteiger charge is -2.42. The van der Waals surface area contributed by atoms with E-state index in [1.165, 1.54) is 30.1 Å². The number of thiocarbonyl (C=S) groups is 1. The Balaban J connectivity index is 1.84. The lowest BCUT2D eigenvalue weighted by atomic mass is 9.79. The Kier molecular flexibility index (Phi) is 6.46. The zero-order chi connectivity index (χ0) is 25.5. The number of hydrogen-bond acceptors (Lipinski definition) is 4. The minimum absolute atomic E-state index is 0.00400. The van der Waals surface area contributed by atoms with Crippen molar-refractivity contribution in [2.45, 2.75) is 50.0 Å². The smallest absolute Gasteiger partial charge is 0.371 e. The Labute approximate surface area is 204 Å². The topological polar surface area (TPSA) is 79.6 Å². The van der Waals surface area contributed by atoms with Crippen molar-refractivity contribution in [3.8, 4) is 6.07 Å². The van der Waals surface area contributed by atoms with Crippen LogP contribution in [0, 0.1) is 17.1 Å². The fourth-order valence-corrected chi connectivity index (χ4v) is 5.49. The Morgan fingerprint density at radius 3 is 2.40 bits per heavy atom. The summed E-state index contributed by atoms with van der Waals surface area (Å²) in [5, 5.41) is 23.0. The van der Waals surface area contributed by atoms with Crippen molar-refractivity contribution in [2.75, 3.05) is 16.8 Å². The highest BCUT2D eigenvalue weighted by Gasteiger charge is 2.56. The molecule has 11 heteroatoms. The third-order valence-electron chi connectivity index (χ3n) is 6.68. The van der Waals surface area contributed by atoms with E-state index in [-0.39, 0.29) is 22.1 Å². The van der Waals surface area contributed by atoms with Gasteiger partial charge in [0.1, 0.15) is 5.82 Å². The van der Waals surface area contributed by atoms with E-state index < -0.39 is 40.8 Å². The second-order valence-electron chi connectivity index (χ2n) is 8.61. The second kappa shape index (κ2) is 9.09. The third kappa shape index (κ3) is 4.10. The molecular formula is C24H22F4N4O2S. The number of anilines is 2. The normalized spacial score (nSPS) is 19.7. The predicted octanol–water partition coefficient (Wildman–Crippen LogP) is 4.71. The second-order valence-corrected chi connectivity index (χ2v) is 8.97. The SMILES string of the molecule is CNC(=O)c1ccc(N2C(=S)N(c3ccc(C#N)c(C(F)(F)F)c3)C(O)C23CCCCC3)cc1F. The molecule has 2 aromatic rings. The van der Waals surface area contributed by atoms with Crippen LogP contribution in [0.5, 0.6) is 0 Å². The van der Waals surface area contributed by atoms with E-state index in [1.807, 2.05) is 0 Å². The monoisotopic (exact) mass is 506 g/mol. The predicted molar refractivity (Wildman–Crippen MR) is 125 cm³/mol. The molecule has 2 N–H and O–H groups in total. The quantitative estimate of drug-likeness (QED) is 0.464. The summed E-state index contributed by atoms with van der Waals surface area (Å²) in [5.41, 5.74) is -2.58. The van der Waals surface area contributed by atoms with E-state index in [0.29, 0.717) is 12.8 Å². The zero-order valence-electron chi connectivity index (χ0n) is 18.7.